The van der Waals surface area contributed by atoms with E-state index in [9.17, 15) is 32.7 Å². The number of ether oxygens (including phenoxy) is 3. The zero-order valence-corrected chi connectivity index (χ0v) is 16.5. The molecule has 0 spiro atoms. The summed E-state index contributed by atoms with van der Waals surface area (Å²) in [6, 6.07) is 3.93. The highest BCUT2D eigenvalue weighted by Gasteiger charge is 2.62. The Morgan fingerprint density at radius 3 is 1.80 bits per heavy atom. The fourth-order valence-corrected chi connectivity index (χ4v) is 2.21. The quantitative estimate of drug-likeness (QED) is 0.201. The average Bonchev–Trinajstić information content (AvgIpc) is 2.67. The van der Waals surface area contributed by atoms with E-state index >= 15 is 0 Å². The number of rotatable bonds is 9. The van der Waals surface area contributed by atoms with E-state index in [2.05, 4.69) is 10.1 Å². The van der Waals surface area contributed by atoms with Crippen LogP contribution in [0.25, 0.3) is 0 Å². The average molecular weight is 433 g/mol. The molecule has 0 heterocycles. The van der Waals surface area contributed by atoms with Crippen molar-refractivity contribution in [1.82, 2.24) is 0 Å². The minimum Gasteiger partial charge on any atom is -0.463 e. The molecule has 0 saturated carbocycles. The molecule has 0 aliphatic rings. The van der Waals surface area contributed by atoms with Crippen molar-refractivity contribution in [3.8, 4) is 0 Å². The number of hydrogen-bond donors (Lipinski definition) is 2. The fraction of sp³-hybridized carbons (Fsp3) is 0.421. The van der Waals surface area contributed by atoms with Gasteiger partial charge < -0.3 is 24.6 Å². The molecule has 1 aromatic carbocycles. The molecule has 0 bridgehead atoms. The van der Waals surface area contributed by atoms with Crippen LogP contribution in [0.15, 0.2) is 36.0 Å². The van der Waals surface area contributed by atoms with Gasteiger partial charge in [-0.25, -0.2) is 14.4 Å². The molecule has 0 radical (unpaired) electrons. The van der Waals surface area contributed by atoms with E-state index in [0.717, 1.165) is 30.5 Å². The molecule has 0 fully saturated rings. The number of halogens is 3. The van der Waals surface area contributed by atoms with Crippen LogP contribution in [0.1, 0.15) is 26.3 Å². The fourth-order valence-electron chi connectivity index (χ4n) is 2.21. The summed E-state index contributed by atoms with van der Waals surface area (Å²) in [5.74, 6) is -3.76. The molecular formula is C19H22F3NO7. The molecule has 11 heteroatoms. The Bertz CT molecular complexity index is 770. The second-order valence-electron chi connectivity index (χ2n) is 5.65. The van der Waals surface area contributed by atoms with Crippen LogP contribution in [0, 0.1) is 0 Å². The van der Waals surface area contributed by atoms with E-state index in [1.54, 1.807) is 0 Å². The van der Waals surface area contributed by atoms with Crippen molar-refractivity contribution in [2.75, 3.05) is 25.1 Å². The molecule has 0 saturated heterocycles. The molecule has 0 aromatic heterocycles. The van der Waals surface area contributed by atoms with Crippen molar-refractivity contribution in [3.63, 3.8) is 0 Å². The van der Waals surface area contributed by atoms with E-state index in [4.69, 9.17) is 9.47 Å². The summed E-state index contributed by atoms with van der Waals surface area (Å²) in [5, 5.41) is 12.6. The summed E-state index contributed by atoms with van der Waals surface area (Å²) >= 11 is 0. The number of aliphatic hydroxyl groups is 1. The number of benzene rings is 1. The molecule has 30 heavy (non-hydrogen) atoms. The van der Waals surface area contributed by atoms with Crippen LogP contribution in [-0.4, -0.2) is 49.0 Å². The van der Waals surface area contributed by atoms with Gasteiger partial charge >= 0.3 is 24.1 Å². The lowest BCUT2D eigenvalue weighted by molar-refractivity contribution is -0.267. The van der Waals surface area contributed by atoms with Crippen molar-refractivity contribution in [1.29, 1.82) is 0 Å². The maximum Gasteiger partial charge on any atom is 0.432 e. The summed E-state index contributed by atoms with van der Waals surface area (Å²) in [7, 11) is 0. The van der Waals surface area contributed by atoms with Gasteiger partial charge in [0.25, 0.3) is 5.60 Å². The zero-order valence-electron chi connectivity index (χ0n) is 16.5. The van der Waals surface area contributed by atoms with Gasteiger partial charge in [-0.15, -0.1) is 0 Å². The standard InChI is InChI=1S/C19H22F3NO7/c1-4-28-15(24)14(16(25)29-5-2)11-23-13-9-7-12(8-10-13)18(27,19(20,21)22)17(26)30-6-3/h7-11,23,27H,4-6H2,1-3H3/t18-/m1/s1. The number of alkyl halides is 3. The largest absolute Gasteiger partial charge is 0.463 e. The highest BCUT2D eigenvalue weighted by molar-refractivity contribution is 6.14. The van der Waals surface area contributed by atoms with Gasteiger partial charge in [-0.05, 0) is 32.9 Å². The van der Waals surface area contributed by atoms with Gasteiger partial charge in [-0.3, -0.25) is 0 Å². The van der Waals surface area contributed by atoms with Gasteiger partial charge in [-0.1, -0.05) is 12.1 Å². The van der Waals surface area contributed by atoms with Crippen molar-refractivity contribution in [3.05, 3.63) is 41.6 Å². The van der Waals surface area contributed by atoms with Gasteiger partial charge in [-0.2, -0.15) is 13.2 Å². The smallest absolute Gasteiger partial charge is 0.432 e. The molecule has 0 unspecified atom stereocenters. The van der Waals surface area contributed by atoms with Crippen LogP contribution in [0.2, 0.25) is 0 Å². The highest BCUT2D eigenvalue weighted by Crippen LogP contribution is 2.40. The molecule has 0 amide bonds. The third-order valence-corrected chi connectivity index (χ3v) is 3.66. The van der Waals surface area contributed by atoms with Gasteiger partial charge in [0.05, 0.1) is 19.8 Å². The number of carbonyl (C=O) groups is 3. The number of nitrogens with one attached hydrogen (secondary N) is 1. The summed E-state index contributed by atoms with van der Waals surface area (Å²) in [5.41, 5.74) is -4.92. The Labute approximate surface area is 170 Å². The predicted molar refractivity (Wildman–Crippen MR) is 98.0 cm³/mol. The van der Waals surface area contributed by atoms with E-state index in [1.165, 1.54) is 20.8 Å². The van der Waals surface area contributed by atoms with Crippen LogP contribution in [0.3, 0.4) is 0 Å². The molecule has 1 aromatic rings. The Morgan fingerprint density at radius 1 is 0.933 bits per heavy atom. The second kappa shape index (κ2) is 10.6. The van der Waals surface area contributed by atoms with E-state index in [1.807, 2.05) is 0 Å². The number of anilines is 1. The predicted octanol–water partition coefficient (Wildman–Crippen LogP) is 2.42. The normalized spacial score (nSPS) is 12.9. The Hall–Kier alpha value is -3.08. The van der Waals surface area contributed by atoms with Crippen molar-refractivity contribution in [2.24, 2.45) is 0 Å². The maximum atomic E-state index is 13.4. The van der Waals surface area contributed by atoms with Gasteiger partial charge in [0, 0.05) is 17.5 Å². The van der Waals surface area contributed by atoms with Gasteiger partial charge in [0.15, 0.2) is 5.57 Å². The van der Waals surface area contributed by atoms with Crippen molar-refractivity contribution >= 4 is 23.6 Å². The minimum atomic E-state index is -5.32. The van der Waals surface area contributed by atoms with Gasteiger partial charge in [0.2, 0.25) is 0 Å². The van der Waals surface area contributed by atoms with Gasteiger partial charge in [0.1, 0.15) is 0 Å². The third kappa shape index (κ3) is 5.72. The molecule has 0 aliphatic heterocycles. The number of esters is 3. The Morgan fingerprint density at radius 2 is 1.40 bits per heavy atom. The second-order valence-corrected chi connectivity index (χ2v) is 5.65. The third-order valence-electron chi connectivity index (χ3n) is 3.66. The molecular weight excluding hydrogens is 411 g/mol. The Balaban J connectivity index is 3.18. The van der Waals surface area contributed by atoms with Crippen molar-refractivity contribution in [2.45, 2.75) is 32.5 Å². The summed E-state index contributed by atoms with van der Waals surface area (Å²) < 4.78 is 54.0. The molecule has 166 valence electrons. The molecule has 0 aliphatic carbocycles. The number of carbonyl (C=O) groups excluding carboxylic acids is 3. The first-order valence-electron chi connectivity index (χ1n) is 8.90. The Kier molecular flexibility index (Phi) is 8.84. The first-order chi connectivity index (χ1) is 14.0. The lowest BCUT2D eigenvalue weighted by Gasteiger charge is -2.28. The SMILES string of the molecule is CCOC(=O)C(=CNc1ccc([C@@](O)(C(=O)OCC)C(F)(F)F)cc1)C(=O)OCC. The molecule has 8 nitrogen and oxygen atoms in total. The van der Waals surface area contributed by atoms with E-state index < -0.39 is 40.8 Å². The van der Waals surface area contributed by atoms with Crippen LogP contribution in [0.5, 0.6) is 0 Å². The lowest BCUT2D eigenvalue weighted by atomic mass is 9.93. The minimum absolute atomic E-state index is 0.00810. The monoisotopic (exact) mass is 433 g/mol. The van der Waals surface area contributed by atoms with Crippen LogP contribution in [-0.2, 0) is 34.2 Å². The topological polar surface area (TPSA) is 111 Å². The summed E-state index contributed by atoms with van der Waals surface area (Å²) in [6.07, 6.45) is -4.35. The molecule has 1 atom stereocenters. The first kappa shape index (κ1) is 25.0. The zero-order chi connectivity index (χ0) is 22.9. The lowest BCUT2D eigenvalue weighted by Crippen LogP contribution is -2.50. The summed E-state index contributed by atoms with van der Waals surface area (Å²) in [6.45, 7) is 4.05. The summed E-state index contributed by atoms with van der Waals surface area (Å²) in [4.78, 5) is 35.5. The van der Waals surface area contributed by atoms with Crippen LogP contribution >= 0.6 is 0 Å². The van der Waals surface area contributed by atoms with E-state index in [0.29, 0.717) is 0 Å². The number of hydrogen-bond acceptors (Lipinski definition) is 8. The van der Waals surface area contributed by atoms with Crippen LogP contribution in [0.4, 0.5) is 18.9 Å². The highest BCUT2D eigenvalue weighted by atomic mass is 19.4. The van der Waals surface area contributed by atoms with E-state index in [-0.39, 0.29) is 25.5 Å². The first-order valence-corrected chi connectivity index (χ1v) is 8.90. The molecule has 2 N–H and O–H groups in total. The maximum absolute atomic E-state index is 13.4. The van der Waals surface area contributed by atoms with Crippen LogP contribution < -0.4 is 5.32 Å². The van der Waals surface area contributed by atoms with Crippen molar-refractivity contribution < 1.29 is 46.9 Å². The molecule has 1 rings (SSSR count).